The minimum atomic E-state index is -3.43. The van der Waals surface area contributed by atoms with Crippen LogP contribution < -0.4 is 46.1 Å². The van der Waals surface area contributed by atoms with Gasteiger partial charge in [-0.3, -0.25) is 0 Å². The van der Waals surface area contributed by atoms with E-state index in [0.717, 1.165) is 96.2 Å². The molecule has 0 amide bonds. The molecule has 2 aliphatic rings. The van der Waals surface area contributed by atoms with E-state index in [1.165, 1.54) is 69.1 Å². The summed E-state index contributed by atoms with van der Waals surface area (Å²) in [5, 5.41) is 17.6. The molecule has 0 fully saturated rings. The number of hydrogen-bond donors (Lipinski definition) is 0. The monoisotopic (exact) mass is 1280 g/mol. The molecule has 2 aromatic heterocycles. The van der Waals surface area contributed by atoms with Crippen LogP contribution in [0.2, 0.25) is 0 Å². The fraction of sp³-hybridized carbons (Fsp3) is 0.0549. The average Bonchev–Trinajstić information content (AvgIpc) is 1.64. The molecular weight excluding hydrogens is 1210 g/mol. The molecule has 0 saturated heterocycles. The molecule has 0 radical (unpaired) electrons. The van der Waals surface area contributed by atoms with Crippen molar-refractivity contribution in [1.29, 1.82) is 0 Å². The SMILES string of the molecule is CC1(C)c2cc(N(c3cccc([SiH-](c4ccccc4)(c4ccccc4)c4ccccc4)c3)c3cccc4c3oc3ccccc34)ccc2-c2c1cc(N(c1cccc([SiH-](C3=CCCC=C3)(c3ccccc3)c3ccccc3)c1)c1cccc3c1oc1ccccc13)c1ccccc21. The number of nitrogens with zero attached hydrogens (tertiary/aromatic N) is 2. The molecule has 14 aromatic carbocycles. The van der Waals surface area contributed by atoms with Gasteiger partial charge >= 0.3 is 571 Å². The van der Waals surface area contributed by atoms with Crippen molar-refractivity contribution in [2.45, 2.75) is 32.1 Å². The number of allylic oxidation sites excluding steroid dienone is 4. The first-order valence-electron chi connectivity index (χ1n) is 34.2. The van der Waals surface area contributed by atoms with E-state index in [9.17, 15) is 0 Å². The second-order valence-corrected chi connectivity index (χ2v) is 35.9. The first-order chi connectivity index (χ1) is 47.9. The fourth-order valence-electron chi connectivity index (χ4n) is 17.4. The third-order valence-corrected chi connectivity index (χ3v) is 32.7. The van der Waals surface area contributed by atoms with Gasteiger partial charge in [-0.2, -0.15) is 0 Å². The van der Waals surface area contributed by atoms with E-state index in [1.807, 2.05) is 0 Å². The van der Waals surface area contributed by atoms with Crippen molar-refractivity contribution in [3.8, 4) is 11.1 Å². The van der Waals surface area contributed by atoms with Crippen molar-refractivity contribution in [2.75, 3.05) is 9.80 Å². The van der Waals surface area contributed by atoms with E-state index in [4.69, 9.17) is 8.83 Å². The fourth-order valence-corrected chi connectivity index (χ4v) is 28.6. The summed E-state index contributed by atoms with van der Waals surface area (Å²) in [6.07, 6.45) is 9.42. The molecule has 2 heterocycles. The summed E-state index contributed by atoms with van der Waals surface area (Å²) in [4.78, 5) is 5.00. The van der Waals surface area contributed by atoms with Gasteiger partial charge in [-0.15, -0.1) is 0 Å². The number of para-hydroxylation sites is 4. The number of benzene rings is 14. The van der Waals surface area contributed by atoms with Gasteiger partial charge in [0.1, 0.15) is 0 Å². The summed E-state index contributed by atoms with van der Waals surface area (Å²) < 4.78 is 14.2. The summed E-state index contributed by atoms with van der Waals surface area (Å²) in [6.45, 7) is 4.87. The third-order valence-electron chi connectivity index (χ3n) is 21.7. The molecular formula is C91H70N2O2Si2-2. The van der Waals surface area contributed by atoms with Crippen molar-refractivity contribution in [2.24, 2.45) is 0 Å². The van der Waals surface area contributed by atoms with E-state index >= 15 is 0 Å². The van der Waals surface area contributed by atoms with Crippen LogP contribution in [-0.4, -0.2) is 16.1 Å². The Balaban J connectivity index is 0.859. The van der Waals surface area contributed by atoms with Gasteiger partial charge in [-0.05, 0) is 0 Å². The molecule has 0 spiro atoms. The van der Waals surface area contributed by atoms with Crippen LogP contribution in [0.1, 0.15) is 37.8 Å². The van der Waals surface area contributed by atoms with E-state index in [-0.39, 0.29) is 0 Å². The van der Waals surface area contributed by atoms with Gasteiger partial charge in [-0.1, -0.05) is 0 Å². The van der Waals surface area contributed by atoms with Crippen molar-refractivity contribution >= 4 is 141 Å². The van der Waals surface area contributed by atoms with Gasteiger partial charge in [0, 0.05) is 0 Å². The van der Waals surface area contributed by atoms with Crippen molar-refractivity contribution in [1.82, 2.24) is 0 Å². The second kappa shape index (κ2) is 23.4. The summed E-state index contributed by atoms with van der Waals surface area (Å²) >= 11 is 0. The predicted octanol–water partition coefficient (Wildman–Crippen LogP) is 19.0. The van der Waals surface area contributed by atoms with E-state index < -0.39 is 21.6 Å². The Kier molecular flexibility index (Phi) is 14.0. The molecule has 0 saturated carbocycles. The molecule has 0 N–H and O–H groups in total. The maximum absolute atomic E-state index is 7.12. The number of anilines is 6. The van der Waals surface area contributed by atoms with E-state index in [0.29, 0.717) is 0 Å². The maximum atomic E-state index is 7.12. The van der Waals surface area contributed by atoms with Crippen molar-refractivity contribution < 1.29 is 8.83 Å². The summed E-state index contributed by atoms with van der Waals surface area (Å²) in [5.41, 5.74) is 14.2. The number of hydrogen-bond acceptors (Lipinski definition) is 4. The van der Waals surface area contributed by atoms with Gasteiger partial charge in [0.15, 0.2) is 0 Å². The van der Waals surface area contributed by atoms with Crippen LogP contribution in [0.15, 0.2) is 366 Å². The normalized spacial score (nSPS) is 13.8. The molecule has 0 unspecified atom stereocenters. The predicted molar refractivity (Wildman–Crippen MR) is 416 cm³/mol. The van der Waals surface area contributed by atoms with Crippen LogP contribution in [0, 0.1) is 0 Å². The summed E-state index contributed by atoms with van der Waals surface area (Å²) in [5.74, 6) is 0. The number of fused-ring (bicyclic) bond motifs is 11. The van der Waals surface area contributed by atoms with Gasteiger partial charge in [0.2, 0.25) is 0 Å². The zero-order chi connectivity index (χ0) is 64.7. The van der Waals surface area contributed by atoms with Crippen LogP contribution in [-0.2, 0) is 5.41 Å². The molecule has 4 nitrogen and oxygen atoms in total. The minimum absolute atomic E-state index is 0.488. The second-order valence-electron chi connectivity index (χ2n) is 27.1. The van der Waals surface area contributed by atoms with Crippen molar-refractivity contribution in [3.63, 3.8) is 0 Å². The van der Waals surface area contributed by atoms with Gasteiger partial charge in [-0.25, -0.2) is 0 Å². The molecule has 0 atom stereocenters. The standard InChI is InChI=1S/C91H70N2O2Si2/c1-91(2)81-61-65(92(83-53-29-51-78-75-48-23-25-55-86(75)94-89(78)83)63-31-27-45-72(59-63)96(66-33-9-3-10-34-66,67-35-11-4-12-36-67)68-37-13-5-14-38-68)57-58-80(81)88-77-50-22-21-47-74(77)85(62-82(88)91)93(84-54-30-52-79-76-49-24-26-56-87(76)95-90(79)84)64-32-28-46-73(60-64)97(69-39-15-6-16-40-69,70-41-17-7-18-42-70)71-43-19-8-20-44-71/h3-7,9-19,21-62,96-97H,8,20H2,1-2H3/q-2. The molecule has 0 aliphatic heterocycles. The molecule has 16 aromatic rings. The molecule has 2 aliphatic carbocycles. The summed E-state index contributed by atoms with van der Waals surface area (Å²) in [7, 11) is -6.84. The summed E-state index contributed by atoms with van der Waals surface area (Å²) in [6, 6.07) is 125. The first-order valence-corrected chi connectivity index (χ1v) is 38.8. The Hall–Kier alpha value is -11.5. The Morgan fingerprint density at radius 3 is 1.24 bits per heavy atom. The molecule has 0 bridgehead atoms. The zero-order valence-electron chi connectivity index (χ0n) is 54.3. The van der Waals surface area contributed by atoms with E-state index in [2.05, 4.69) is 376 Å². The van der Waals surface area contributed by atoms with Gasteiger partial charge in [0.25, 0.3) is 0 Å². The Morgan fingerprint density at radius 1 is 0.309 bits per heavy atom. The Morgan fingerprint density at radius 2 is 0.722 bits per heavy atom. The quantitative estimate of drug-likeness (QED) is 0.0802. The Labute approximate surface area is 567 Å². The Bertz CT molecular complexity index is 5620. The van der Waals surface area contributed by atoms with Crippen LogP contribution in [0.5, 0.6) is 0 Å². The molecule has 6 heteroatoms. The van der Waals surface area contributed by atoms with Gasteiger partial charge < -0.3 is 0 Å². The van der Waals surface area contributed by atoms with Gasteiger partial charge in [0.05, 0.1) is 0 Å². The topological polar surface area (TPSA) is 32.8 Å². The molecule has 466 valence electrons. The van der Waals surface area contributed by atoms with Crippen LogP contribution >= 0.6 is 0 Å². The van der Waals surface area contributed by atoms with Crippen LogP contribution in [0.4, 0.5) is 34.1 Å². The van der Waals surface area contributed by atoms with Crippen molar-refractivity contribution in [3.05, 3.63) is 368 Å². The van der Waals surface area contributed by atoms with E-state index in [1.54, 1.807) is 0 Å². The van der Waals surface area contributed by atoms with Crippen LogP contribution in [0.3, 0.4) is 0 Å². The zero-order valence-corrected chi connectivity index (χ0v) is 56.6. The first kappa shape index (κ1) is 58.1. The third kappa shape index (κ3) is 9.15. The average molecular weight is 1280 g/mol. The number of furan rings is 2. The molecule has 97 heavy (non-hydrogen) atoms. The van der Waals surface area contributed by atoms with Crippen LogP contribution in [0.25, 0.3) is 65.8 Å². The molecule has 18 rings (SSSR count). The number of rotatable bonds is 14.